The van der Waals surface area contributed by atoms with Crippen LogP contribution in [-0.4, -0.2) is 4.98 Å². The van der Waals surface area contributed by atoms with E-state index in [2.05, 4.69) is 69.3 Å². The molecular formula is C22H23N. The Balaban J connectivity index is 2.05. The number of aromatic nitrogens is 1. The van der Waals surface area contributed by atoms with E-state index in [-0.39, 0.29) is 0 Å². The Labute approximate surface area is 138 Å². The van der Waals surface area contributed by atoms with Crippen LogP contribution in [0.25, 0.3) is 22.2 Å². The molecule has 1 aliphatic carbocycles. The van der Waals surface area contributed by atoms with Crippen LogP contribution in [0.1, 0.15) is 37.0 Å². The summed E-state index contributed by atoms with van der Waals surface area (Å²) in [7, 11) is 0. The second-order valence-electron chi connectivity index (χ2n) is 7.59. The van der Waals surface area contributed by atoms with Crippen molar-refractivity contribution in [2.24, 2.45) is 5.41 Å². The zero-order chi connectivity index (χ0) is 16.0. The fourth-order valence-electron chi connectivity index (χ4n) is 3.88. The highest BCUT2D eigenvalue weighted by molar-refractivity contribution is 5.88. The Kier molecular flexibility index (Phi) is 3.26. The van der Waals surface area contributed by atoms with E-state index in [1.165, 1.54) is 39.8 Å². The first-order valence-electron chi connectivity index (χ1n) is 8.52. The minimum atomic E-state index is 0.375. The molecule has 0 saturated carbocycles. The molecule has 0 radical (unpaired) electrons. The summed E-state index contributed by atoms with van der Waals surface area (Å²) in [5.41, 5.74) is 8.29. The molecule has 0 aliphatic heterocycles. The van der Waals surface area contributed by atoms with Crippen LogP contribution in [0, 0.1) is 12.3 Å². The molecule has 2 aromatic carbocycles. The molecule has 3 aromatic rings. The average molecular weight is 301 g/mol. The van der Waals surface area contributed by atoms with E-state index in [1.54, 1.807) is 0 Å². The Morgan fingerprint density at radius 2 is 1.65 bits per heavy atom. The third kappa shape index (κ3) is 2.45. The minimum absolute atomic E-state index is 0.375. The van der Waals surface area contributed by atoms with Crippen LogP contribution < -0.4 is 0 Å². The van der Waals surface area contributed by atoms with E-state index in [0.717, 1.165) is 18.4 Å². The van der Waals surface area contributed by atoms with Crippen molar-refractivity contribution in [3.05, 3.63) is 65.2 Å². The smallest absolute Gasteiger partial charge is 0.0747 e. The number of aryl methyl sites for hydroxylation is 1. The highest BCUT2D eigenvalue weighted by Crippen LogP contribution is 2.41. The summed E-state index contributed by atoms with van der Waals surface area (Å²) in [6.45, 7) is 6.96. The average Bonchev–Trinajstić information content (AvgIpc) is 2.54. The number of benzene rings is 2. The Morgan fingerprint density at radius 1 is 0.913 bits per heavy atom. The number of pyridine rings is 1. The molecule has 0 fully saturated rings. The maximum absolute atomic E-state index is 5.07. The van der Waals surface area contributed by atoms with Crippen molar-refractivity contribution in [3.8, 4) is 11.3 Å². The summed E-state index contributed by atoms with van der Waals surface area (Å²) in [6.07, 6.45) is 3.51. The van der Waals surface area contributed by atoms with E-state index in [1.807, 2.05) is 0 Å². The molecule has 1 aliphatic rings. The maximum atomic E-state index is 5.07. The molecule has 1 aromatic heterocycles. The van der Waals surface area contributed by atoms with Gasteiger partial charge in [-0.2, -0.15) is 0 Å². The normalized spacial score (nSPS) is 16.3. The van der Waals surface area contributed by atoms with E-state index >= 15 is 0 Å². The van der Waals surface area contributed by atoms with Crippen LogP contribution in [0.15, 0.2) is 48.5 Å². The molecular weight excluding hydrogens is 278 g/mol. The van der Waals surface area contributed by atoms with Crippen molar-refractivity contribution in [1.82, 2.24) is 4.98 Å². The van der Waals surface area contributed by atoms with Gasteiger partial charge >= 0.3 is 0 Å². The monoisotopic (exact) mass is 301 g/mol. The molecule has 1 nitrogen and oxygen atoms in total. The van der Waals surface area contributed by atoms with Crippen LogP contribution in [0.2, 0.25) is 0 Å². The van der Waals surface area contributed by atoms with Gasteiger partial charge in [-0.25, -0.2) is 4.98 Å². The van der Waals surface area contributed by atoms with Crippen LogP contribution in [0.3, 0.4) is 0 Å². The molecule has 0 N–H and O–H groups in total. The van der Waals surface area contributed by atoms with Crippen LogP contribution in [-0.2, 0) is 12.8 Å². The largest absolute Gasteiger partial charge is 0.247 e. The van der Waals surface area contributed by atoms with Crippen molar-refractivity contribution < 1.29 is 0 Å². The van der Waals surface area contributed by atoms with Gasteiger partial charge in [-0.15, -0.1) is 0 Å². The highest BCUT2D eigenvalue weighted by atomic mass is 14.7. The molecule has 0 amide bonds. The number of hydrogen-bond donors (Lipinski definition) is 0. The van der Waals surface area contributed by atoms with Crippen molar-refractivity contribution in [3.63, 3.8) is 0 Å². The minimum Gasteiger partial charge on any atom is -0.247 e. The van der Waals surface area contributed by atoms with Crippen molar-refractivity contribution >= 4 is 10.9 Å². The summed E-state index contributed by atoms with van der Waals surface area (Å²) in [4.78, 5) is 5.07. The summed E-state index contributed by atoms with van der Waals surface area (Å²) < 4.78 is 0. The van der Waals surface area contributed by atoms with Gasteiger partial charge in [-0.3, -0.25) is 0 Å². The molecule has 0 unspecified atom stereocenters. The first-order valence-corrected chi connectivity index (χ1v) is 8.52. The molecule has 1 heteroatoms. The summed E-state index contributed by atoms with van der Waals surface area (Å²) in [5.74, 6) is 0. The molecule has 0 spiro atoms. The Bertz CT molecular complexity index is 890. The van der Waals surface area contributed by atoms with Gasteiger partial charge in [-0.1, -0.05) is 56.3 Å². The van der Waals surface area contributed by atoms with Crippen LogP contribution in [0.4, 0.5) is 0 Å². The second-order valence-corrected chi connectivity index (χ2v) is 7.59. The lowest BCUT2D eigenvalue weighted by Gasteiger charge is -2.33. The molecule has 23 heavy (non-hydrogen) atoms. The number of rotatable bonds is 1. The lowest BCUT2D eigenvalue weighted by molar-refractivity contribution is 0.317. The van der Waals surface area contributed by atoms with E-state index in [0.29, 0.717) is 5.41 Å². The fraction of sp³-hybridized carbons (Fsp3) is 0.318. The van der Waals surface area contributed by atoms with Crippen LogP contribution in [0.5, 0.6) is 0 Å². The first kappa shape index (κ1) is 14.4. The second kappa shape index (κ2) is 5.19. The first-order chi connectivity index (χ1) is 11.1. The molecule has 116 valence electrons. The van der Waals surface area contributed by atoms with Crippen molar-refractivity contribution in [2.45, 2.75) is 40.0 Å². The standard InChI is InChI=1S/C22H23N/c1-15-8-4-5-9-16(15)21-18-12-13-22(2,3)14-19(18)17-10-6-7-11-20(17)23-21/h4-11H,12-14H2,1-3H3. The van der Waals surface area contributed by atoms with Crippen molar-refractivity contribution in [1.29, 1.82) is 0 Å². The third-order valence-corrected chi connectivity index (χ3v) is 5.22. The lowest BCUT2D eigenvalue weighted by atomic mass is 9.72. The Hall–Kier alpha value is -2.15. The van der Waals surface area contributed by atoms with Gasteiger partial charge in [-0.05, 0) is 54.4 Å². The predicted molar refractivity (Wildman–Crippen MR) is 97.7 cm³/mol. The number of nitrogens with zero attached hydrogens (tertiary/aromatic N) is 1. The van der Waals surface area contributed by atoms with Gasteiger partial charge in [0.2, 0.25) is 0 Å². The zero-order valence-corrected chi connectivity index (χ0v) is 14.2. The van der Waals surface area contributed by atoms with Crippen LogP contribution >= 0.6 is 0 Å². The fourth-order valence-corrected chi connectivity index (χ4v) is 3.88. The van der Waals surface area contributed by atoms with E-state index < -0.39 is 0 Å². The highest BCUT2D eigenvalue weighted by Gasteiger charge is 2.29. The molecule has 4 rings (SSSR count). The molecule has 0 saturated heterocycles. The quantitative estimate of drug-likeness (QED) is 0.559. The van der Waals surface area contributed by atoms with Crippen molar-refractivity contribution in [2.75, 3.05) is 0 Å². The molecule has 0 atom stereocenters. The predicted octanol–water partition coefficient (Wildman–Crippen LogP) is 5.73. The summed E-state index contributed by atoms with van der Waals surface area (Å²) >= 11 is 0. The van der Waals surface area contributed by atoms with Gasteiger partial charge in [0.1, 0.15) is 0 Å². The molecule has 0 bridgehead atoms. The topological polar surface area (TPSA) is 12.9 Å². The Morgan fingerprint density at radius 3 is 2.48 bits per heavy atom. The van der Waals surface area contributed by atoms with Gasteiger partial charge in [0.05, 0.1) is 11.2 Å². The molecule has 1 heterocycles. The van der Waals surface area contributed by atoms with Gasteiger partial charge in [0, 0.05) is 10.9 Å². The van der Waals surface area contributed by atoms with Gasteiger partial charge < -0.3 is 0 Å². The van der Waals surface area contributed by atoms with E-state index in [9.17, 15) is 0 Å². The maximum Gasteiger partial charge on any atom is 0.0747 e. The number of hydrogen-bond acceptors (Lipinski definition) is 1. The zero-order valence-electron chi connectivity index (χ0n) is 14.2. The SMILES string of the molecule is Cc1ccccc1-c1nc2ccccc2c2c1CCC(C)(C)C2. The summed E-state index contributed by atoms with van der Waals surface area (Å²) in [6, 6.07) is 17.3. The number of para-hydroxylation sites is 1. The summed E-state index contributed by atoms with van der Waals surface area (Å²) in [5, 5.41) is 1.34. The third-order valence-electron chi connectivity index (χ3n) is 5.22. The van der Waals surface area contributed by atoms with E-state index in [4.69, 9.17) is 4.98 Å². The van der Waals surface area contributed by atoms with Gasteiger partial charge in [0.25, 0.3) is 0 Å². The van der Waals surface area contributed by atoms with Gasteiger partial charge in [0.15, 0.2) is 0 Å². The number of fused-ring (bicyclic) bond motifs is 3. The lowest BCUT2D eigenvalue weighted by Crippen LogP contribution is -2.23.